The van der Waals surface area contributed by atoms with Crippen LogP contribution in [0.3, 0.4) is 0 Å². The summed E-state index contributed by atoms with van der Waals surface area (Å²) in [5.74, 6) is -1.71. The van der Waals surface area contributed by atoms with Crippen LogP contribution in [-0.4, -0.2) is 33.3 Å². The average Bonchev–Trinajstić information content (AvgIpc) is 2.75. The summed E-state index contributed by atoms with van der Waals surface area (Å²) in [6.45, 7) is 8.14. The molecule has 0 fully saturated rings. The second-order valence-electron chi connectivity index (χ2n) is 6.32. The van der Waals surface area contributed by atoms with Crippen LogP contribution in [0.2, 0.25) is 0 Å². The molecule has 1 unspecified atom stereocenters. The van der Waals surface area contributed by atoms with Gasteiger partial charge in [-0.3, -0.25) is 14.3 Å². The van der Waals surface area contributed by atoms with Gasteiger partial charge in [0.25, 0.3) is 5.91 Å². The van der Waals surface area contributed by atoms with Crippen molar-refractivity contribution in [3.63, 3.8) is 0 Å². The largest absolute Gasteiger partial charge is 0.481 e. The Morgan fingerprint density at radius 1 is 1.43 bits per heavy atom. The van der Waals surface area contributed by atoms with E-state index in [1.807, 2.05) is 27.7 Å². The standard InChI is InChI=1S/C15H25N3O3/c1-6-7-10(14(20)21)9-16-13(19)11-8-12(15(2,3)4)17-18(11)5/h8,10H,6-7,9H2,1-5H3,(H,16,19)(H,20,21). The number of aryl methyl sites for hydroxylation is 1. The molecule has 2 N–H and O–H groups in total. The van der Waals surface area contributed by atoms with E-state index in [-0.39, 0.29) is 17.9 Å². The van der Waals surface area contributed by atoms with Gasteiger partial charge in [-0.15, -0.1) is 0 Å². The fraction of sp³-hybridized carbons (Fsp3) is 0.667. The number of nitrogens with one attached hydrogen (secondary N) is 1. The number of aromatic nitrogens is 2. The predicted molar refractivity (Wildman–Crippen MR) is 80.3 cm³/mol. The highest BCUT2D eigenvalue weighted by Gasteiger charge is 2.23. The molecule has 1 rings (SSSR count). The molecular weight excluding hydrogens is 270 g/mol. The smallest absolute Gasteiger partial charge is 0.308 e. The van der Waals surface area contributed by atoms with Crippen LogP contribution >= 0.6 is 0 Å². The molecule has 6 nitrogen and oxygen atoms in total. The molecule has 1 heterocycles. The number of carboxylic acid groups (broad SMARTS) is 1. The lowest BCUT2D eigenvalue weighted by Crippen LogP contribution is -2.33. The number of carbonyl (C=O) groups is 2. The van der Waals surface area contributed by atoms with Gasteiger partial charge in [0.05, 0.1) is 11.6 Å². The summed E-state index contributed by atoms with van der Waals surface area (Å²) in [7, 11) is 1.71. The van der Waals surface area contributed by atoms with Gasteiger partial charge < -0.3 is 10.4 Å². The summed E-state index contributed by atoms with van der Waals surface area (Å²) in [6.07, 6.45) is 1.32. The van der Waals surface area contributed by atoms with Gasteiger partial charge in [0.1, 0.15) is 5.69 Å². The van der Waals surface area contributed by atoms with E-state index in [1.165, 1.54) is 4.68 Å². The first kappa shape index (κ1) is 17.2. The lowest BCUT2D eigenvalue weighted by Gasteiger charge is -2.13. The van der Waals surface area contributed by atoms with E-state index < -0.39 is 11.9 Å². The van der Waals surface area contributed by atoms with Crippen LogP contribution in [0.4, 0.5) is 0 Å². The summed E-state index contributed by atoms with van der Waals surface area (Å²) in [5.41, 5.74) is 1.14. The van der Waals surface area contributed by atoms with Crippen molar-refractivity contribution in [2.24, 2.45) is 13.0 Å². The van der Waals surface area contributed by atoms with Gasteiger partial charge in [-0.05, 0) is 12.5 Å². The highest BCUT2D eigenvalue weighted by Crippen LogP contribution is 2.21. The Bertz CT molecular complexity index is 515. The van der Waals surface area contributed by atoms with Gasteiger partial charge in [-0.25, -0.2) is 0 Å². The van der Waals surface area contributed by atoms with Crippen LogP contribution in [0, 0.1) is 5.92 Å². The molecule has 118 valence electrons. The monoisotopic (exact) mass is 295 g/mol. The van der Waals surface area contributed by atoms with E-state index in [9.17, 15) is 9.59 Å². The number of rotatable bonds is 6. The van der Waals surface area contributed by atoms with Crippen molar-refractivity contribution in [1.29, 1.82) is 0 Å². The number of hydrogen-bond donors (Lipinski definition) is 2. The third kappa shape index (κ3) is 4.58. The molecule has 6 heteroatoms. The Hall–Kier alpha value is -1.85. The Morgan fingerprint density at radius 2 is 2.05 bits per heavy atom. The molecular formula is C15H25N3O3. The minimum atomic E-state index is -0.877. The lowest BCUT2D eigenvalue weighted by molar-refractivity contribution is -0.141. The number of nitrogens with zero attached hydrogens (tertiary/aromatic N) is 2. The Labute approximate surface area is 125 Å². The molecule has 0 aliphatic heterocycles. The number of carbonyl (C=O) groups excluding carboxylic acids is 1. The maximum atomic E-state index is 12.2. The molecule has 0 aliphatic carbocycles. The molecule has 1 amide bonds. The summed E-state index contributed by atoms with van der Waals surface area (Å²) in [5, 5.41) is 16.1. The summed E-state index contributed by atoms with van der Waals surface area (Å²) in [6, 6.07) is 1.75. The molecule has 21 heavy (non-hydrogen) atoms. The van der Waals surface area contributed by atoms with Crippen molar-refractivity contribution in [3.05, 3.63) is 17.5 Å². The van der Waals surface area contributed by atoms with Crippen LogP contribution in [0.5, 0.6) is 0 Å². The van der Waals surface area contributed by atoms with Gasteiger partial charge in [0, 0.05) is 19.0 Å². The van der Waals surface area contributed by atoms with Gasteiger partial charge in [0.15, 0.2) is 0 Å². The third-order valence-electron chi connectivity index (χ3n) is 3.38. The van der Waals surface area contributed by atoms with E-state index in [1.54, 1.807) is 13.1 Å². The van der Waals surface area contributed by atoms with Gasteiger partial charge in [-0.1, -0.05) is 34.1 Å². The Morgan fingerprint density at radius 3 is 2.48 bits per heavy atom. The zero-order chi connectivity index (χ0) is 16.2. The van der Waals surface area contributed by atoms with Gasteiger partial charge in [-0.2, -0.15) is 5.10 Å². The first-order chi connectivity index (χ1) is 9.66. The molecule has 0 saturated heterocycles. The Balaban J connectivity index is 2.76. The van der Waals surface area contributed by atoms with E-state index >= 15 is 0 Å². The summed E-state index contributed by atoms with van der Waals surface area (Å²) < 4.78 is 1.53. The topological polar surface area (TPSA) is 84.2 Å². The molecule has 1 aromatic heterocycles. The van der Waals surface area contributed by atoms with Crippen LogP contribution in [0.15, 0.2) is 6.07 Å². The number of hydrogen-bond acceptors (Lipinski definition) is 3. The van der Waals surface area contributed by atoms with Crippen molar-refractivity contribution < 1.29 is 14.7 Å². The molecule has 0 spiro atoms. The second kappa shape index (κ2) is 6.74. The van der Waals surface area contributed by atoms with Gasteiger partial charge >= 0.3 is 5.97 Å². The van der Waals surface area contributed by atoms with Crippen molar-refractivity contribution in [2.45, 2.75) is 46.0 Å². The average molecular weight is 295 g/mol. The van der Waals surface area contributed by atoms with E-state index in [0.29, 0.717) is 12.1 Å². The Kier molecular flexibility index (Phi) is 5.52. The molecule has 1 atom stereocenters. The van der Waals surface area contributed by atoms with Crippen molar-refractivity contribution >= 4 is 11.9 Å². The zero-order valence-electron chi connectivity index (χ0n) is 13.4. The first-order valence-electron chi connectivity index (χ1n) is 7.22. The molecule has 0 bridgehead atoms. The normalized spacial score (nSPS) is 13.0. The summed E-state index contributed by atoms with van der Waals surface area (Å²) in [4.78, 5) is 23.2. The predicted octanol–water partition coefficient (Wildman–Crippen LogP) is 1.95. The minimum Gasteiger partial charge on any atom is -0.481 e. The zero-order valence-corrected chi connectivity index (χ0v) is 13.4. The number of amides is 1. The second-order valence-corrected chi connectivity index (χ2v) is 6.32. The molecule has 0 radical (unpaired) electrons. The van der Waals surface area contributed by atoms with Crippen molar-refractivity contribution in [2.75, 3.05) is 6.54 Å². The fourth-order valence-electron chi connectivity index (χ4n) is 2.01. The molecule has 0 aromatic carbocycles. The number of aliphatic carboxylic acids is 1. The maximum absolute atomic E-state index is 12.2. The molecule has 1 aromatic rings. The van der Waals surface area contributed by atoms with Crippen molar-refractivity contribution in [3.8, 4) is 0 Å². The fourth-order valence-corrected chi connectivity index (χ4v) is 2.01. The van der Waals surface area contributed by atoms with E-state index in [2.05, 4.69) is 10.4 Å². The van der Waals surface area contributed by atoms with Crippen LogP contribution < -0.4 is 5.32 Å². The highest BCUT2D eigenvalue weighted by molar-refractivity contribution is 5.93. The lowest BCUT2D eigenvalue weighted by atomic mass is 9.92. The highest BCUT2D eigenvalue weighted by atomic mass is 16.4. The van der Waals surface area contributed by atoms with Gasteiger partial charge in [0.2, 0.25) is 0 Å². The van der Waals surface area contributed by atoms with Crippen LogP contribution in [-0.2, 0) is 17.3 Å². The molecule has 0 aliphatic rings. The summed E-state index contributed by atoms with van der Waals surface area (Å²) >= 11 is 0. The molecule has 0 saturated carbocycles. The van der Waals surface area contributed by atoms with Crippen LogP contribution in [0.25, 0.3) is 0 Å². The number of carboxylic acids is 1. The van der Waals surface area contributed by atoms with E-state index in [0.717, 1.165) is 12.1 Å². The quantitative estimate of drug-likeness (QED) is 0.840. The third-order valence-corrected chi connectivity index (χ3v) is 3.38. The van der Waals surface area contributed by atoms with Crippen LogP contribution in [0.1, 0.15) is 56.7 Å². The SMILES string of the molecule is CCCC(CNC(=O)c1cc(C(C)(C)C)nn1C)C(=O)O. The first-order valence-corrected chi connectivity index (χ1v) is 7.22. The van der Waals surface area contributed by atoms with Crippen molar-refractivity contribution in [1.82, 2.24) is 15.1 Å². The maximum Gasteiger partial charge on any atom is 0.308 e. The van der Waals surface area contributed by atoms with E-state index in [4.69, 9.17) is 5.11 Å². The minimum absolute atomic E-state index is 0.137.